The van der Waals surface area contributed by atoms with Crippen molar-refractivity contribution in [3.05, 3.63) is 30.9 Å². The van der Waals surface area contributed by atoms with E-state index in [2.05, 4.69) is 25.3 Å². The molecule has 5 nitrogen and oxygen atoms in total. The average molecular weight is 295 g/mol. The summed E-state index contributed by atoms with van der Waals surface area (Å²) in [6.07, 6.45) is 15.0. The van der Waals surface area contributed by atoms with Gasteiger partial charge in [-0.2, -0.15) is 0 Å². The van der Waals surface area contributed by atoms with Gasteiger partial charge in [-0.3, -0.25) is 9.97 Å². The molecule has 0 aromatic carbocycles. The third-order valence-electron chi connectivity index (χ3n) is 5.09. The topological polar surface area (TPSA) is 63.6 Å². The third kappa shape index (κ3) is 2.67. The van der Waals surface area contributed by atoms with Crippen LogP contribution in [0.25, 0.3) is 11.4 Å². The van der Waals surface area contributed by atoms with Gasteiger partial charge < -0.3 is 5.32 Å². The van der Waals surface area contributed by atoms with Crippen LogP contribution in [0.15, 0.2) is 30.9 Å². The molecule has 0 bridgehead atoms. The Morgan fingerprint density at radius 1 is 0.909 bits per heavy atom. The lowest BCUT2D eigenvalue weighted by Crippen LogP contribution is -2.43. The van der Waals surface area contributed by atoms with E-state index in [0.29, 0.717) is 6.04 Å². The molecule has 2 aromatic heterocycles. The van der Waals surface area contributed by atoms with Gasteiger partial charge in [-0.25, -0.2) is 9.97 Å². The minimum absolute atomic E-state index is 0.541. The SMILES string of the molecule is c1cnc(-c2ccnc(NC(C3CCC3)C3CCC3)n2)cn1. The van der Waals surface area contributed by atoms with E-state index in [1.54, 1.807) is 24.8 Å². The van der Waals surface area contributed by atoms with Crippen molar-refractivity contribution in [2.24, 2.45) is 11.8 Å². The van der Waals surface area contributed by atoms with Crippen LogP contribution in [0, 0.1) is 11.8 Å². The Bertz CT molecular complexity index is 608. The molecule has 0 amide bonds. The maximum Gasteiger partial charge on any atom is 0.223 e. The maximum absolute atomic E-state index is 4.64. The zero-order valence-electron chi connectivity index (χ0n) is 12.7. The number of nitrogens with one attached hydrogen (secondary N) is 1. The van der Waals surface area contributed by atoms with Crippen LogP contribution in [0.2, 0.25) is 0 Å². The van der Waals surface area contributed by atoms with E-state index in [0.717, 1.165) is 29.2 Å². The summed E-state index contributed by atoms with van der Waals surface area (Å²) < 4.78 is 0. The summed E-state index contributed by atoms with van der Waals surface area (Å²) in [5.74, 6) is 2.33. The van der Waals surface area contributed by atoms with Gasteiger partial charge in [-0.05, 0) is 43.6 Å². The highest BCUT2D eigenvalue weighted by atomic mass is 15.1. The van der Waals surface area contributed by atoms with E-state index in [9.17, 15) is 0 Å². The van der Waals surface area contributed by atoms with Crippen LogP contribution in [0.1, 0.15) is 38.5 Å². The molecule has 4 rings (SSSR count). The fourth-order valence-corrected chi connectivity index (χ4v) is 3.37. The molecule has 2 aromatic rings. The zero-order chi connectivity index (χ0) is 14.8. The molecule has 0 spiro atoms. The van der Waals surface area contributed by atoms with Gasteiger partial charge in [0.25, 0.3) is 0 Å². The van der Waals surface area contributed by atoms with Crippen molar-refractivity contribution in [1.82, 2.24) is 19.9 Å². The minimum atomic E-state index is 0.541. The van der Waals surface area contributed by atoms with Crippen LogP contribution in [0.3, 0.4) is 0 Å². The Kier molecular flexibility index (Phi) is 3.70. The molecule has 22 heavy (non-hydrogen) atoms. The Hall–Kier alpha value is -2.04. The molecule has 2 aliphatic rings. The Labute approximate surface area is 130 Å². The van der Waals surface area contributed by atoms with Crippen molar-refractivity contribution in [2.75, 3.05) is 5.32 Å². The van der Waals surface area contributed by atoms with Gasteiger partial charge in [-0.15, -0.1) is 0 Å². The first kappa shape index (κ1) is 13.6. The molecule has 0 unspecified atom stereocenters. The van der Waals surface area contributed by atoms with Crippen molar-refractivity contribution >= 4 is 5.95 Å². The number of nitrogens with zero attached hydrogens (tertiary/aromatic N) is 4. The normalized spacial score (nSPS) is 18.8. The van der Waals surface area contributed by atoms with Crippen molar-refractivity contribution in [3.63, 3.8) is 0 Å². The summed E-state index contributed by atoms with van der Waals surface area (Å²) in [5.41, 5.74) is 1.61. The molecule has 114 valence electrons. The summed E-state index contributed by atoms with van der Waals surface area (Å²) >= 11 is 0. The Balaban J connectivity index is 1.54. The molecule has 1 N–H and O–H groups in total. The quantitative estimate of drug-likeness (QED) is 0.916. The number of hydrogen-bond acceptors (Lipinski definition) is 5. The second-order valence-corrected chi connectivity index (χ2v) is 6.41. The number of anilines is 1. The van der Waals surface area contributed by atoms with Crippen LogP contribution in [-0.4, -0.2) is 26.0 Å². The van der Waals surface area contributed by atoms with Gasteiger partial charge in [0.15, 0.2) is 0 Å². The molecule has 2 fully saturated rings. The molecule has 2 heterocycles. The van der Waals surface area contributed by atoms with Crippen molar-refractivity contribution in [2.45, 2.75) is 44.6 Å². The Morgan fingerprint density at radius 2 is 1.68 bits per heavy atom. The molecule has 2 saturated carbocycles. The maximum atomic E-state index is 4.64. The van der Waals surface area contributed by atoms with E-state index >= 15 is 0 Å². The highest BCUT2D eigenvalue weighted by Crippen LogP contribution is 2.41. The highest BCUT2D eigenvalue weighted by molar-refractivity contribution is 5.53. The third-order valence-corrected chi connectivity index (χ3v) is 5.09. The van der Waals surface area contributed by atoms with Gasteiger partial charge >= 0.3 is 0 Å². The first-order chi connectivity index (χ1) is 10.9. The van der Waals surface area contributed by atoms with E-state index < -0.39 is 0 Å². The summed E-state index contributed by atoms with van der Waals surface area (Å²) in [7, 11) is 0. The van der Waals surface area contributed by atoms with E-state index in [4.69, 9.17) is 0 Å². The average Bonchev–Trinajstić information content (AvgIpc) is 2.45. The van der Waals surface area contributed by atoms with Gasteiger partial charge in [0.2, 0.25) is 5.95 Å². The number of aromatic nitrogens is 4. The van der Waals surface area contributed by atoms with Crippen molar-refractivity contribution in [3.8, 4) is 11.4 Å². The summed E-state index contributed by atoms with van der Waals surface area (Å²) in [4.78, 5) is 17.5. The molecule has 0 atom stereocenters. The largest absolute Gasteiger partial charge is 0.351 e. The molecule has 0 saturated heterocycles. The molecule has 0 aliphatic heterocycles. The monoisotopic (exact) mass is 295 g/mol. The molecule has 5 heteroatoms. The van der Waals surface area contributed by atoms with E-state index in [1.165, 1.54) is 38.5 Å². The predicted molar refractivity (Wildman–Crippen MR) is 85.2 cm³/mol. The fraction of sp³-hybridized carbons (Fsp3) is 0.529. The fourth-order valence-electron chi connectivity index (χ4n) is 3.37. The highest BCUT2D eigenvalue weighted by Gasteiger charge is 2.36. The van der Waals surface area contributed by atoms with Crippen molar-refractivity contribution in [1.29, 1.82) is 0 Å². The van der Waals surface area contributed by atoms with Gasteiger partial charge in [0, 0.05) is 24.6 Å². The van der Waals surface area contributed by atoms with Crippen LogP contribution in [0.5, 0.6) is 0 Å². The van der Waals surface area contributed by atoms with Gasteiger partial charge in [0.1, 0.15) is 5.69 Å². The second-order valence-electron chi connectivity index (χ2n) is 6.41. The van der Waals surface area contributed by atoms with Crippen LogP contribution in [-0.2, 0) is 0 Å². The van der Waals surface area contributed by atoms with E-state index in [-0.39, 0.29) is 0 Å². The number of rotatable bonds is 5. The lowest BCUT2D eigenvalue weighted by Gasteiger charge is -2.42. The van der Waals surface area contributed by atoms with Crippen molar-refractivity contribution < 1.29 is 0 Å². The van der Waals surface area contributed by atoms with Crippen LogP contribution in [0.4, 0.5) is 5.95 Å². The first-order valence-electron chi connectivity index (χ1n) is 8.26. The smallest absolute Gasteiger partial charge is 0.223 e. The first-order valence-corrected chi connectivity index (χ1v) is 8.26. The lowest BCUT2D eigenvalue weighted by molar-refractivity contribution is 0.165. The van der Waals surface area contributed by atoms with E-state index in [1.807, 2.05) is 6.07 Å². The van der Waals surface area contributed by atoms with Crippen LogP contribution < -0.4 is 5.32 Å². The van der Waals surface area contributed by atoms with Gasteiger partial charge in [-0.1, -0.05) is 12.8 Å². The Morgan fingerprint density at radius 3 is 2.27 bits per heavy atom. The summed E-state index contributed by atoms with van der Waals surface area (Å²) in [5, 5.41) is 3.62. The number of hydrogen-bond donors (Lipinski definition) is 1. The summed E-state index contributed by atoms with van der Waals surface area (Å²) in [6.45, 7) is 0. The molecule has 0 radical (unpaired) electrons. The van der Waals surface area contributed by atoms with Gasteiger partial charge in [0.05, 0.1) is 11.9 Å². The zero-order valence-corrected chi connectivity index (χ0v) is 12.7. The second kappa shape index (κ2) is 5.99. The molecular formula is C17H21N5. The summed E-state index contributed by atoms with van der Waals surface area (Å²) in [6, 6.07) is 2.43. The molecular weight excluding hydrogens is 274 g/mol. The lowest BCUT2D eigenvalue weighted by atomic mass is 9.68. The predicted octanol–water partition coefficient (Wildman–Crippen LogP) is 3.31. The minimum Gasteiger partial charge on any atom is -0.351 e. The standard InChI is InChI=1S/C17H21N5/c1-3-12(4-1)16(13-5-2-6-13)22-17-20-8-7-14(21-17)15-11-18-9-10-19-15/h7-13,16H,1-6H2,(H,20,21,22). The molecule has 2 aliphatic carbocycles. The van der Waals surface area contributed by atoms with Crippen LogP contribution >= 0.6 is 0 Å².